The number of piperazine rings is 1. The lowest BCUT2D eigenvalue weighted by Crippen LogP contribution is -2.57. The van der Waals surface area contributed by atoms with Crippen molar-refractivity contribution in [3.05, 3.63) is 66.0 Å². The Morgan fingerprint density at radius 3 is 2.50 bits per heavy atom. The predicted octanol–water partition coefficient (Wildman–Crippen LogP) is 5.17. The first-order valence-electron chi connectivity index (χ1n) is 14.9. The standard InChI is InChI=1S/C32H39F2N5O/c1-22(16-23-6-9-30-31(17-23)36-11-10-35-30)19-37-20-24-4-2-3-5-26(24)27(21-37)32(40)39-14-12-38(13-15-39)25-7-8-28(33)29(34)18-25/h6-11,17-18,22,24,26-27H,2-5,12-16,19-21H2,1H3/t22-,24-,26-,27+/m0/s1. The van der Waals surface area contributed by atoms with Crippen LogP contribution in [-0.2, 0) is 11.2 Å². The van der Waals surface area contributed by atoms with Crippen molar-refractivity contribution < 1.29 is 13.6 Å². The van der Waals surface area contributed by atoms with Crippen LogP contribution in [0.4, 0.5) is 14.5 Å². The highest BCUT2D eigenvalue weighted by molar-refractivity contribution is 5.80. The van der Waals surface area contributed by atoms with E-state index in [1.165, 1.54) is 37.0 Å². The van der Waals surface area contributed by atoms with E-state index in [0.717, 1.165) is 43.5 Å². The van der Waals surface area contributed by atoms with E-state index >= 15 is 0 Å². The molecule has 2 aliphatic heterocycles. The van der Waals surface area contributed by atoms with Crippen LogP contribution in [0.2, 0.25) is 0 Å². The van der Waals surface area contributed by atoms with Crippen LogP contribution in [0.15, 0.2) is 48.8 Å². The SMILES string of the molecule is C[C@@H](Cc1ccc2nccnc2c1)CN1C[C@@H]2CCCC[C@@H]2[C@H](C(=O)N2CCN(c3ccc(F)c(F)c3)CC2)C1. The summed E-state index contributed by atoms with van der Waals surface area (Å²) in [5.74, 6) is 0.181. The molecule has 0 bridgehead atoms. The third-order valence-electron chi connectivity index (χ3n) is 9.30. The molecular formula is C32H39F2N5O. The second-order valence-corrected chi connectivity index (χ2v) is 12.1. The van der Waals surface area contributed by atoms with E-state index in [9.17, 15) is 13.6 Å². The summed E-state index contributed by atoms with van der Waals surface area (Å²) in [5, 5.41) is 0. The van der Waals surface area contributed by atoms with Crippen LogP contribution in [0.5, 0.6) is 0 Å². The molecule has 40 heavy (non-hydrogen) atoms. The molecule has 1 aliphatic carbocycles. The molecule has 0 radical (unpaired) electrons. The minimum atomic E-state index is -0.831. The molecule has 6 nitrogen and oxygen atoms in total. The van der Waals surface area contributed by atoms with Crippen LogP contribution >= 0.6 is 0 Å². The molecule has 0 spiro atoms. The van der Waals surface area contributed by atoms with Crippen molar-refractivity contribution in [1.29, 1.82) is 0 Å². The fraction of sp³-hybridized carbons (Fsp3) is 0.531. The molecule has 3 aromatic rings. The van der Waals surface area contributed by atoms with Crippen LogP contribution < -0.4 is 4.90 Å². The van der Waals surface area contributed by atoms with E-state index in [4.69, 9.17) is 0 Å². The van der Waals surface area contributed by atoms with E-state index in [1.807, 2.05) is 9.80 Å². The number of rotatable bonds is 6. The number of fused-ring (bicyclic) bond motifs is 2. The number of nitrogens with zero attached hydrogens (tertiary/aromatic N) is 5. The van der Waals surface area contributed by atoms with Gasteiger partial charge in [0.15, 0.2) is 11.6 Å². The van der Waals surface area contributed by atoms with Crippen molar-refractivity contribution in [2.75, 3.05) is 50.7 Å². The van der Waals surface area contributed by atoms with Crippen molar-refractivity contribution in [3.63, 3.8) is 0 Å². The lowest BCUT2D eigenvalue weighted by molar-refractivity contribution is -0.142. The van der Waals surface area contributed by atoms with Crippen molar-refractivity contribution in [3.8, 4) is 0 Å². The Bertz CT molecular complexity index is 1340. The first-order chi connectivity index (χ1) is 19.4. The van der Waals surface area contributed by atoms with Crippen LogP contribution in [0, 0.1) is 35.3 Å². The van der Waals surface area contributed by atoms with E-state index in [-0.39, 0.29) is 11.8 Å². The molecule has 3 fully saturated rings. The Kier molecular flexibility index (Phi) is 7.96. The Labute approximate surface area is 235 Å². The second-order valence-electron chi connectivity index (χ2n) is 12.1. The Hall–Kier alpha value is -3.13. The van der Waals surface area contributed by atoms with Crippen molar-refractivity contribution in [2.24, 2.45) is 23.7 Å². The zero-order valence-corrected chi connectivity index (χ0v) is 23.3. The number of amides is 1. The summed E-state index contributed by atoms with van der Waals surface area (Å²) in [6.45, 7) is 7.71. The molecule has 2 saturated heterocycles. The molecule has 3 aliphatic rings. The summed E-state index contributed by atoms with van der Waals surface area (Å²) in [5.41, 5.74) is 3.81. The smallest absolute Gasteiger partial charge is 0.227 e. The largest absolute Gasteiger partial charge is 0.368 e. The van der Waals surface area contributed by atoms with E-state index in [2.05, 4.69) is 40.0 Å². The Morgan fingerprint density at radius 1 is 0.925 bits per heavy atom. The molecular weight excluding hydrogens is 508 g/mol. The van der Waals surface area contributed by atoms with Gasteiger partial charge in [-0.05, 0) is 66.8 Å². The maximum atomic E-state index is 14.0. The third kappa shape index (κ3) is 5.82. The number of benzene rings is 2. The predicted molar refractivity (Wildman–Crippen MR) is 153 cm³/mol. The van der Waals surface area contributed by atoms with Crippen molar-refractivity contribution >= 4 is 22.6 Å². The summed E-state index contributed by atoms with van der Waals surface area (Å²) in [6, 6.07) is 10.4. The van der Waals surface area contributed by atoms with Gasteiger partial charge in [-0.1, -0.05) is 25.8 Å². The maximum Gasteiger partial charge on any atom is 0.227 e. The summed E-state index contributed by atoms with van der Waals surface area (Å²) >= 11 is 0. The monoisotopic (exact) mass is 547 g/mol. The number of piperidine rings is 1. The summed E-state index contributed by atoms with van der Waals surface area (Å²) < 4.78 is 27.2. The fourth-order valence-electron chi connectivity index (χ4n) is 7.37. The van der Waals surface area contributed by atoms with Gasteiger partial charge in [-0.2, -0.15) is 0 Å². The first kappa shape index (κ1) is 27.1. The quantitative estimate of drug-likeness (QED) is 0.426. The van der Waals surface area contributed by atoms with Gasteiger partial charge in [-0.25, -0.2) is 8.78 Å². The number of carbonyl (C=O) groups is 1. The number of aromatic nitrogens is 2. The van der Waals surface area contributed by atoms with Crippen LogP contribution in [0.25, 0.3) is 11.0 Å². The molecule has 2 aromatic carbocycles. The zero-order valence-electron chi connectivity index (χ0n) is 23.3. The Morgan fingerprint density at radius 2 is 1.70 bits per heavy atom. The van der Waals surface area contributed by atoms with Gasteiger partial charge in [0.2, 0.25) is 5.91 Å². The molecule has 6 rings (SSSR count). The van der Waals surface area contributed by atoms with Crippen molar-refractivity contribution in [2.45, 2.75) is 39.0 Å². The fourth-order valence-corrected chi connectivity index (χ4v) is 7.37. The maximum absolute atomic E-state index is 14.0. The number of anilines is 1. The van der Waals surface area contributed by atoms with Gasteiger partial charge >= 0.3 is 0 Å². The molecule has 1 amide bonds. The highest BCUT2D eigenvalue weighted by Gasteiger charge is 2.43. The molecule has 0 N–H and O–H groups in total. The number of hydrogen-bond donors (Lipinski definition) is 0. The van der Waals surface area contributed by atoms with Crippen LogP contribution in [0.3, 0.4) is 0 Å². The van der Waals surface area contributed by atoms with Crippen LogP contribution in [-0.4, -0.2) is 71.5 Å². The summed E-state index contributed by atoms with van der Waals surface area (Å²) in [4.78, 5) is 29.4. The number of halogens is 2. The van der Waals surface area contributed by atoms with E-state index in [0.29, 0.717) is 49.6 Å². The van der Waals surface area contributed by atoms with Gasteiger partial charge < -0.3 is 14.7 Å². The highest BCUT2D eigenvalue weighted by atomic mass is 19.2. The van der Waals surface area contributed by atoms with Crippen LogP contribution in [0.1, 0.15) is 38.2 Å². The third-order valence-corrected chi connectivity index (χ3v) is 9.30. The lowest BCUT2D eigenvalue weighted by atomic mass is 9.69. The Balaban J connectivity index is 1.09. The molecule has 1 aromatic heterocycles. The minimum absolute atomic E-state index is 0.0389. The molecule has 0 unspecified atom stereocenters. The molecule has 8 heteroatoms. The van der Waals surface area contributed by atoms with Gasteiger partial charge in [-0.3, -0.25) is 14.8 Å². The topological polar surface area (TPSA) is 52.6 Å². The van der Waals surface area contributed by atoms with E-state index in [1.54, 1.807) is 18.5 Å². The van der Waals surface area contributed by atoms with Gasteiger partial charge in [-0.15, -0.1) is 0 Å². The second kappa shape index (κ2) is 11.8. The average molecular weight is 548 g/mol. The number of carbonyl (C=O) groups excluding carboxylic acids is 1. The first-order valence-corrected chi connectivity index (χ1v) is 14.9. The number of likely N-dealkylation sites (tertiary alicyclic amines) is 1. The van der Waals surface area contributed by atoms with Gasteiger partial charge in [0.25, 0.3) is 0 Å². The molecule has 3 heterocycles. The van der Waals surface area contributed by atoms with Gasteiger partial charge in [0, 0.05) is 70.0 Å². The van der Waals surface area contributed by atoms with Crippen molar-refractivity contribution in [1.82, 2.24) is 19.8 Å². The minimum Gasteiger partial charge on any atom is -0.368 e. The lowest BCUT2D eigenvalue weighted by Gasteiger charge is -2.48. The summed E-state index contributed by atoms with van der Waals surface area (Å²) in [7, 11) is 0. The molecule has 4 atom stereocenters. The molecule has 1 saturated carbocycles. The van der Waals surface area contributed by atoms with Gasteiger partial charge in [0.05, 0.1) is 17.0 Å². The van der Waals surface area contributed by atoms with Gasteiger partial charge in [0.1, 0.15) is 0 Å². The highest BCUT2D eigenvalue weighted by Crippen LogP contribution is 2.40. The normalized spacial score (nSPS) is 24.6. The average Bonchev–Trinajstić information content (AvgIpc) is 2.98. The zero-order chi connectivity index (χ0) is 27.6. The number of hydrogen-bond acceptors (Lipinski definition) is 5. The van der Waals surface area contributed by atoms with E-state index < -0.39 is 11.6 Å². The summed E-state index contributed by atoms with van der Waals surface area (Å²) in [6.07, 6.45) is 9.28. The molecule has 212 valence electrons.